The number of nitrogens with one attached hydrogen (secondary N) is 1. The molecule has 2 aromatic carbocycles. The number of carbonyl (C=O) groups excluding carboxylic acids is 2. The number of benzene rings is 2. The van der Waals surface area contributed by atoms with E-state index in [9.17, 15) is 14.0 Å². The van der Waals surface area contributed by atoms with Gasteiger partial charge in [-0.2, -0.15) is 0 Å². The zero-order valence-electron chi connectivity index (χ0n) is 14.2. The third kappa shape index (κ3) is 4.50. The fraction of sp³-hybridized carbons (Fsp3) is 0.263. The number of carbonyl (C=O) groups is 2. The van der Waals surface area contributed by atoms with E-state index in [0.29, 0.717) is 17.1 Å². The van der Waals surface area contributed by atoms with Crippen LogP contribution in [0.2, 0.25) is 0 Å². The summed E-state index contributed by atoms with van der Waals surface area (Å²) in [4.78, 5) is 24.0. The zero-order valence-corrected chi connectivity index (χ0v) is 14.2. The molecule has 0 aromatic heterocycles. The Labute approximate surface area is 149 Å². The van der Waals surface area contributed by atoms with Gasteiger partial charge in [-0.3, -0.25) is 9.59 Å². The molecule has 0 saturated heterocycles. The van der Waals surface area contributed by atoms with Gasteiger partial charge in [0.05, 0.1) is 6.42 Å². The van der Waals surface area contributed by atoms with Crippen LogP contribution < -0.4 is 14.8 Å². The van der Waals surface area contributed by atoms with Crippen LogP contribution in [0.3, 0.4) is 0 Å². The lowest BCUT2D eigenvalue weighted by molar-refractivity contribution is -0.154. The van der Waals surface area contributed by atoms with Crippen molar-refractivity contribution in [3.05, 3.63) is 59.4 Å². The van der Waals surface area contributed by atoms with Gasteiger partial charge in [-0.1, -0.05) is 18.2 Å². The number of halogens is 1. The van der Waals surface area contributed by atoms with E-state index in [4.69, 9.17) is 14.2 Å². The third-order valence-electron chi connectivity index (χ3n) is 3.84. The number of hydrogen-bond donors (Lipinski definition) is 1. The van der Waals surface area contributed by atoms with Crippen molar-refractivity contribution in [1.29, 1.82) is 0 Å². The SMILES string of the molecule is C[C@H](OC(=O)Cc1ccc(F)cc1)C(=O)NCc1ccc2c(c1)OCO2. The van der Waals surface area contributed by atoms with Crippen LogP contribution in [0.5, 0.6) is 11.5 Å². The normalized spacial score (nSPS) is 13.2. The standard InChI is InChI=1S/C19H18FNO5/c1-12(26-18(22)9-13-2-5-15(20)6-3-13)19(23)21-10-14-4-7-16-17(8-14)25-11-24-16/h2-8,12H,9-11H2,1H3,(H,21,23)/t12-/m0/s1. The smallest absolute Gasteiger partial charge is 0.311 e. The molecule has 1 heterocycles. The van der Waals surface area contributed by atoms with E-state index in [-0.39, 0.29) is 25.6 Å². The maximum Gasteiger partial charge on any atom is 0.311 e. The maximum atomic E-state index is 12.9. The van der Waals surface area contributed by atoms with Crippen molar-refractivity contribution in [3.63, 3.8) is 0 Å². The van der Waals surface area contributed by atoms with Crippen molar-refractivity contribution in [2.24, 2.45) is 0 Å². The second-order valence-corrected chi connectivity index (χ2v) is 5.84. The Morgan fingerprint density at radius 1 is 1.12 bits per heavy atom. The first-order valence-corrected chi connectivity index (χ1v) is 8.11. The van der Waals surface area contributed by atoms with Crippen LogP contribution in [0.4, 0.5) is 4.39 Å². The first-order valence-electron chi connectivity index (χ1n) is 8.11. The van der Waals surface area contributed by atoms with Gasteiger partial charge >= 0.3 is 5.97 Å². The lowest BCUT2D eigenvalue weighted by Gasteiger charge is -2.14. The number of amides is 1. The van der Waals surface area contributed by atoms with Gasteiger partial charge < -0.3 is 19.5 Å². The van der Waals surface area contributed by atoms with Crippen LogP contribution in [0.1, 0.15) is 18.1 Å². The Bertz CT molecular complexity index is 806. The van der Waals surface area contributed by atoms with E-state index < -0.39 is 18.0 Å². The van der Waals surface area contributed by atoms with Crippen molar-refractivity contribution in [2.45, 2.75) is 26.0 Å². The second kappa shape index (κ2) is 7.86. The molecule has 26 heavy (non-hydrogen) atoms. The topological polar surface area (TPSA) is 73.9 Å². The summed E-state index contributed by atoms with van der Waals surface area (Å²) in [6.45, 7) is 1.96. The van der Waals surface area contributed by atoms with E-state index >= 15 is 0 Å². The van der Waals surface area contributed by atoms with Gasteiger partial charge in [0.25, 0.3) is 5.91 Å². The highest BCUT2D eigenvalue weighted by atomic mass is 19.1. The lowest BCUT2D eigenvalue weighted by atomic mass is 10.1. The summed E-state index contributed by atoms with van der Waals surface area (Å²) < 4.78 is 28.5. The summed E-state index contributed by atoms with van der Waals surface area (Å²) in [6.07, 6.45) is -0.961. The molecule has 0 bridgehead atoms. The summed E-state index contributed by atoms with van der Waals surface area (Å²) in [5.74, 6) is -0.0328. The Hall–Kier alpha value is -3.09. The number of fused-ring (bicyclic) bond motifs is 1. The van der Waals surface area contributed by atoms with Gasteiger partial charge in [-0.15, -0.1) is 0 Å². The highest BCUT2D eigenvalue weighted by Gasteiger charge is 2.18. The first-order chi connectivity index (χ1) is 12.5. The largest absolute Gasteiger partial charge is 0.454 e. The van der Waals surface area contributed by atoms with Crippen molar-refractivity contribution in [3.8, 4) is 11.5 Å². The van der Waals surface area contributed by atoms with Gasteiger partial charge in [0.15, 0.2) is 17.6 Å². The van der Waals surface area contributed by atoms with Gasteiger partial charge in [-0.05, 0) is 42.3 Å². The quantitative estimate of drug-likeness (QED) is 0.802. The first kappa shape index (κ1) is 17.7. The molecule has 1 atom stereocenters. The van der Waals surface area contributed by atoms with E-state index in [0.717, 1.165) is 5.56 Å². The minimum atomic E-state index is -0.933. The predicted molar refractivity (Wildman–Crippen MR) is 90.1 cm³/mol. The van der Waals surface area contributed by atoms with Crippen molar-refractivity contribution < 1.29 is 28.2 Å². The average molecular weight is 359 g/mol. The second-order valence-electron chi connectivity index (χ2n) is 5.84. The third-order valence-corrected chi connectivity index (χ3v) is 3.84. The molecule has 0 unspecified atom stereocenters. The van der Waals surface area contributed by atoms with E-state index in [1.165, 1.54) is 31.2 Å². The summed E-state index contributed by atoms with van der Waals surface area (Å²) in [5.41, 5.74) is 1.46. The Morgan fingerprint density at radius 3 is 2.58 bits per heavy atom. The highest BCUT2D eigenvalue weighted by Crippen LogP contribution is 2.32. The van der Waals surface area contributed by atoms with E-state index in [1.807, 2.05) is 6.07 Å². The summed E-state index contributed by atoms with van der Waals surface area (Å²) >= 11 is 0. The van der Waals surface area contributed by atoms with Crippen LogP contribution in [-0.2, 0) is 27.3 Å². The fourth-order valence-electron chi connectivity index (χ4n) is 2.45. The molecule has 0 fully saturated rings. The molecule has 7 heteroatoms. The Morgan fingerprint density at radius 2 is 1.81 bits per heavy atom. The van der Waals surface area contributed by atoms with Gasteiger partial charge in [0, 0.05) is 6.54 Å². The molecule has 1 aliphatic heterocycles. The lowest BCUT2D eigenvalue weighted by Crippen LogP contribution is -2.35. The minimum Gasteiger partial charge on any atom is -0.454 e. The number of esters is 1. The monoisotopic (exact) mass is 359 g/mol. The molecule has 0 spiro atoms. The predicted octanol–water partition coefficient (Wildman–Crippen LogP) is 2.35. The molecule has 1 N–H and O–H groups in total. The Balaban J connectivity index is 1.46. The van der Waals surface area contributed by atoms with E-state index in [2.05, 4.69) is 5.32 Å². The zero-order chi connectivity index (χ0) is 18.5. The molecule has 3 rings (SSSR count). The number of hydrogen-bond acceptors (Lipinski definition) is 5. The van der Waals surface area contributed by atoms with Crippen LogP contribution in [-0.4, -0.2) is 24.8 Å². The van der Waals surface area contributed by atoms with Crippen molar-refractivity contribution >= 4 is 11.9 Å². The molecule has 1 amide bonds. The van der Waals surface area contributed by atoms with Crippen LogP contribution in [0.15, 0.2) is 42.5 Å². The van der Waals surface area contributed by atoms with Crippen molar-refractivity contribution in [2.75, 3.05) is 6.79 Å². The molecule has 136 valence electrons. The molecule has 0 saturated carbocycles. The van der Waals surface area contributed by atoms with Crippen molar-refractivity contribution in [1.82, 2.24) is 5.32 Å². The van der Waals surface area contributed by atoms with Gasteiger partial charge in [0.2, 0.25) is 6.79 Å². The van der Waals surface area contributed by atoms with Crippen LogP contribution in [0.25, 0.3) is 0 Å². The number of rotatable bonds is 6. The summed E-state index contributed by atoms with van der Waals surface area (Å²) in [5, 5.41) is 2.70. The molecule has 2 aromatic rings. The molecule has 0 radical (unpaired) electrons. The fourth-order valence-corrected chi connectivity index (χ4v) is 2.45. The van der Waals surface area contributed by atoms with E-state index in [1.54, 1.807) is 12.1 Å². The molecular weight excluding hydrogens is 341 g/mol. The maximum absolute atomic E-state index is 12.9. The minimum absolute atomic E-state index is 0.0277. The highest BCUT2D eigenvalue weighted by molar-refractivity contribution is 5.83. The summed E-state index contributed by atoms with van der Waals surface area (Å²) in [6, 6.07) is 10.9. The molecule has 1 aliphatic rings. The molecule has 6 nitrogen and oxygen atoms in total. The molecular formula is C19H18FNO5. The summed E-state index contributed by atoms with van der Waals surface area (Å²) in [7, 11) is 0. The van der Waals surface area contributed by atoms with Gasteiger partial charge in [-0.25, -0.2) is 4.39 Å². The number of ether oxygens (including phenoxy) is 3. The van der Waals surface area contributed by atoms with Gasteiger partial charge in [0.1, 0.15) is 5.82 Å². The van der Waals surface area contributed by atoms with Crippen LogP contribution >= 0.6 is 0 Å². The average Bonchev–Trinajstić information content (AvgIpc) is 3.09. The van der Waals surface area contributed by atoms with Crippen LogP contribution in [0, 0.1) is 5.82 Å². The molecule has 0 aliphatic carbocycles. The Kier molecular flexibility index (Phi) is 5.36.